The van der Waals surface area contributed by atoms with E-state index in [9.17, 15) is 19.2 Å². The summed E-state index contributed by atoms with van der Waals surface area (Å²) in [5, 5.41) is 3.87. The Bertz CT molecular complexity index is 5400. The molecule has 9 heterocycles. The number of hydrogen-bond acceptors (Lipinski definition) is 8. The minimum Gasteiger partial charge on any atom is -1.00 e. The Morgan fingerprint density at radius 1 is 0.532 bits per heavy atom. The molecule has 13 rings (SSSR count). The van der Waals surface area contributed by atoms with Gasteiger partial charge in [0.05, 0.1) is 56.9 Å². The van der Waals surface area contributed by atoms with Gasteiger partial charge in [-0.05, 0) is 112 Å². The molecule has 0 aliphatic carbocycles. The number of rotatable bonds is 14. The fourth-order valence-electron chi connectivity index (χ4n) is 12.4. The molecule has 0 spiro atoms. The number of nitrogens with zero attached hydrogens (tertiary/aromatic N) is 12. The number of para-hydroxylation sites is 2. The van der Waals surface area contributed by atoms with E-state index in [2.05, 4.69) is 13.2 Å². The van der Waals surface area contributed by atoms with E-state index in [1.165, 1.54) is 22.7 Å². The Hall–Kier alpha value is -10.0. The summed E-state index contributed by atoms with van der Waals surface area (Å²) in [5.41, 5.74) is 18.4. The van der Waals surface area contributed by atoms with Crippen LogP contribution in [-0.2, 0) is 47.2 Å². The van der Waals surface area contributed by atoms with Crippen LogP contribution in [0, 0.1) is 27.7 Å². The third kappa shape index (κ3) is 11.7. The number of amides is 2. The first-order valence-corrected chi connectivity index (χ1v) is 32.0. The van der Waals surface area contributed by atoms with Crippen molar-refractivity contribution in [3.05, 3.63) is 262 Å². The number of thiazole rings is 2. The maximum absolute atomic E-state index is 14.7. The summed E-state index contributed by atoms with van der Waals surface area (Å²) in [7, 11) is 3.70. The van der Waals surface area contributed by atoms with Crippen LogP contribution < -0.4 is 43.1 Å². The van der Waals surface area contributed by atoms with E-state index in [0.717, 1.165) is 72.8 Å². The van der Waals surface area contributed by atoms with Crippen LogP contribution >= 0.6 is 22.7 Å². The average molecular weight is 1340 g/mol. The van der Waals surface area contributed by atoms with Gasteiger partial charge in [-0.2, -0.15) is 9.98 Å². The van der Waals surface area contributed by atoms with E-state index in [0.29, 0.717) is 82.9 Å². The first kappa shape index (κ1) is 65.5. The van der Waals surface area contributed by atoms with Crippen molar-refractivity contribution in [2.75, 3.05) is 0 Å². The van der Waals surface area contributed by atoms with Crippen LogP contribution in [0.5, 0.6) is 0 Å². The fourth-order valence-corrected chi connectivity index (χ4v) is 14.2. The monoisotopic (exact) mass is 1340 g/mol. The number of fused-ring (bicyclic) bond motifs is 8. The van der Waals surface area contributed by atoms with Crippen molar-refractivity contribution < 1.29 is 39.1 Å². The summed E-state index contributed by atoms with van der Waals surface area (Å²) in [6.45, 7) is 20.2. The minimum absolute atomic E-state index is 0. The van der Waals surface area contributed by atoms with Crippen molar-refractivity contribution in [2.45, 2.75) is 67.2 Å². The van der Waals surface area contributed by atoms with E-state index in [4.69, 9.17) is 29.9 Å². The molecule has 0 N–H and O–H groups in total. The zero-order valence-corrected chi connectivity index (χ0v) is 56.4. The van der Waals surface area contributed by atoms with Crippen molar-refractivity contribution in [3.8, 4) is 45.3 Å². The van der Waals surface area contributed by atoms with Crippen molar-refractivity contribution >= 4 is 84.9 Å². The topological polar surface area (TPSA) is 177 Å². The molecule has 0 saturated carbocycles. The fraction of sp³-hybridized carbons (Fsp3) is 0.162. The van der Waals surface area contributed by atoms with Crippen LogP contribution in [0.1, 0.15) is 89.5 Å². The molecule has 471 valence electrons. The molecule has 7 aromatic heterocycles. The summed E-state index contributed by atoms with van der Waals surface area (Å²) in [6, 6.07) is 46.3. The summed E-state index contributed by atoms with van der Waals surface area (Å²) in [6.07, 6.45) is 4.13. The van der Waals surface area contributed by atoms with Gasteiger partial charge in [-0.25, -0.2) is 19.3 Å². The van der Waals surface area contributed by atoms with E-state index in [1.807, 2.05) is 237 Å². The maximum Gasteiger partial charge on any atom is 3.00 e. The van der Waals surface area contributed by atoms with Gasteiger partial charge >= 0.3 is 17.1 Å². The van der Waals surface area contributed by atoms with Gasteiger partial charge in [0.2, 0.25) is 11.8 Å². The van der Waals surface area contributed by atoms with Gasteiger partial charge < -0.3 is 22.4 Å². The number of allylic oxidation sites excluding steroid dienone is 5. The Morgan fingerprint density at radius 3 is 1.46 bits per heavy atom. The number of aryl methyl sites for hydroxylation is 3. The van der Waals surface area contributed by atoms with Crippen LogP contribution in [-0.4, -0.2) is 49.6 Å². The SMILES string of the molecule is C=CC1=C(C)c2cc3[n-]c(cc4nc(cc5[n-]c(cc1n2)c(C)c5CCC(=O)N=c1scc(-c2ccccc2)n1-c1c(C)n(C)n(-c2ccccc2)c1=O)C(CCC(=O)N=c1scc(-c2ccccc2)n1-c1c(C)n(C)n(-c2ccccc2)c1=O)=C4C)c(C)c3C=C.[Cl-].[Fe+3]. The summed E-state index contributed by atoms with van der Waals surface area (Å²) >= 11 is 2.59. The predicted octanol–water partition coefficient (Wildman–Crippen LogP) is 10.5. The zero-order chi connectivity index (χ0) is 64.2. The van der Waals surface area contributed by atoms with Crippen molar-refractivity contribution in [3.63, 3.8) is 0 Å². The van der Waals surface area contributed by atoms with E-state index >= 15 is 0 Å². The average Bonchev–Trinajstić information content (AvgIpc) is 1.61. The normalized spacial score (nSPS) is 12.6. The Balaban J connectivity index is 0.00000451. The standard InChI is InChI=1S/C74H64N12O4S2.ClH.Fe/c1-11-53-43(3)57-37-58-45(5)55(33-35-67(87)79-73-83(65(41-91-73)49-25-17-13-18-26-49)69-47(7)81(9)85(71(69)89)51-29-21-15-22-30-51)63(77-58)40-64-56(46(6)60(78-64)39-62-54(12-2)44(4)59(76-62)38-61(53)75-57)34-36-68(88)80-74-84(66(42-92-74)50-27-19-14-20-28-50)70-48(8)82(10)86(72(70)90)52-31-23-16-24-32-52;;/h11-32,37-42H,1-2,33-36H2,3-10H3;1H;/q-2;;+3/p-1. The van der Waals surface area contributed by atoms with E-state index < -0.39 is 0 Å². The molecule has 94 heavy (non-hydrogen) atoms. The second-order valence-corrected chi connectivity index (χ2v) is 24.5. The summed E-state index contributed by atoms with van der Waals surface area (Å²) in [5.74, 6) is -0.777. The Morgan fingerprint density at radius 2 is 0.957 bits per heavy atom. The molecule has 2 amide bonds. The van der Waals surface area contributed by atoms with Crippen molar-refractivity contribution in [1.82, 2.24) is 47.8 Å². The molecular weight excluding hydrogens is 1280 g/mol. The van der Waals surface area contributed by atoms with Crippen LogP contribution in [0.4, 0.5) is 0 Å². The molecular formula is C74H64ClFeN12O4S2. The molecule has 2 aliphatic heterocycles. The number of hydrogen-bond donors (Lipinski definition) is 0. The first-order valence-electron chi connectivity index (χ1n) is 30.2. The molecule has 1 radical (unpaired) electrons. The van der Waals surface area contributed by atoms with Gasteiger partial charge in [0, 0.05) is 43.3 Å². The molecule has 0 fully saturated rings. The second kappa shape index (κ2) is 26.9. The quantitative estimate of drug-likeness (QED) is 0.0966. The third-order valence-corrected chi connectivity index (χ3v) is 19.2. The van der Waals surface area contributed by atoms with Crippen molar-refractivity contribution in [1.29, 1.82) is 0 Å². The number of carbonyl (C=O) groups is 2. The molecule has 11 aromatic rings. The number of carbonyl (C=O) groups excluding carboxylic acids is 2. The Kier molecular flexibility index (Phi) is 18.7. The number of aromatic nitrogens is 10. The molecule has 0 unspecified atom stereocenters. The third-order valence-electron chi connectivity index (χ3n) is 17.6. The van der Waals surface area contributed by atoms with Gasteiger partial charge in [0.15, 0.2) is 9.60 Å². The van der Waals surface area contributed by atoms with Gasteiger partial charge in [0.1, 0.15) is 11.4 Å². The Labute approximate surface area is 566 Å². The first-order chi connectivity index (χ1) is 44.5. The molecule has 2 aliphatic rings. The van der Waals surface area contributed by atoms with E-state index in [1.54, 1.807) is 15.4 Å². The van der Waals surface area contributed by atoms with Crippen LogP contribution in [0.3, 0.4) is 0 Å². The van der Waals surface area contributed by atoms with Gasteiger partial charge in [-0.15, -0.1) is 44.7 Å². The van der Waals surface area contributed by atoms with Gasteiger partial charge in [0.25, 0.3) is 11.1 Å². The number of benzene rings is 4. The molecule has 0 saturated heterocycles. The predicted molar refractivity (Wildman–Crippen MR) is 369 cm³/mol. The molecule has 0 atom stereocenters. The van der Waals surface area contributed by atoms with Crippen LogP contribution in [0.15, 0.2) is 195 Å². The van der Waals surface area contributed by atoms with E-state index in [-0.39, 0.29) is 78.1 Å². The van der Waals surface area contributed by atoms with Gasteiger partial charge in [-0.3, -0.25) is 37.7 Å². The second-order valence-electron chi connectivity index (χ2n) is 22.8. The zero-order valence-electron chi connectivity index (χ0n) is 53.0. The van der Waals surface area contributed by atoms with Crippen LogP contribution in [0.2, 0.25) is 0 Å². The minimum atomic E-state index is -0.389. The molecule has 8 bridgehead atoms. The molecule has 20 heteroatoms. The largest absolute Gasteiger partial charge is 3.00 e. The summed E-state index contributed by atoms with van der Waals surface area (Å²) in [4.78, 5) is 90.0. The maximum atomic E-state index is 14.7. The summed E-state index contributed by atoms with van der Waals surface area (Å²) < 4.78 is 10.5. The smallest absolute Gasteiger partial charge is 1.00 e. The molecule has 4 aromatic carbocycles. The number of halogens is 1. The van der Waals surface area contributed by atoms with Crippen LogP contribution in [0.25, 0.3) is 95.7 Å². The van der Waals surface area contributed by atoms with Gasteiger partial charge in [-0.1, -0.05) is 163 Å². The molecule has 16 nitrogen and oxygen atoms in total. The van der Waals surface area contributed by atoms with Crippen molar-refractivity contribution in [2.24, 2.45) is 24.1 Å².